The van der Waals surface area contributed by atoms with E-state index in [4.69, 9.17) is 9.05 Å². The molecular formula is C34H66NO12P. The van der Waals surface area contributed by atoms with E-state index in [-0.39, 0.29) is 12.8 Å². The highest BCUT2D eigenvalue weighted by molar-refractivity contribution is 7.47. The molecule has 1 saturated carbocycles. The first-order chi connectivity index (χ1) is 22.8. The van der Waals surface area contributed by atoms with Crippen LogP contribution in [0.15, 0.2) is 12.2 Å². The van der Waals surface area contributed by atoms with Crippen LogP contribution in [0.4, 0.5) is 0 Å². The topological polar surface area (TPSA) is 226 Å². The summed E-state index contributed by atoms with van der Waals surface area (Å²) in [6.45, 7) is 3.64. The highest BCUT2D eigenvalue weighted by Gasteiger charge is 2.51. The second-order valence-corrected chi connectivity index (χ2v) is 14.7. The molecule has 48 heavy (non-hydrogen) atoms. The van der Waals surface area contributed by atoms with Gasteiger partial charge in [0.15, 0.2) is 0 Å². The number of aliphatic hydroxyl groups excluding tert-OH is 7. The predicted molar refractivity (Wildman–Crippen MR) is 183 cm³/mol. The fraction of sp³-hybridized carbons (Fsp3) is 0.912. The van der Waals surface area contributed by atoms with Gasteiger partial charge in [0, 0.05) is 0 Å². The molecule has 14 heteroatoms. The lowest BCUT2D eigenvalue weighted by Crippen LogP contribution is -2.64. The van der Waals surface area contributed by atoms with Gasteiger partial charge in [-0.05, 0) is 38.5 Å². The van der Waals surface area contributed by atoms with E-state index in [1.54, 1.807) is 0 Å². The molecule has 0 aromatic carbocycles. The average molecular weight is 712 g/mol. The van der Waals surface area contributed by atoms with Gasteiger partial charge in [-0.25, -0.2) is 4.57 Å². The molecule has 0 radical (unpaired) electrons. The zero-order valence-corrected chi connectivity index (χ0v) is 30.0. The Balaban J connectivity index is 2.65. The van der Waals surface area contributed by atoms with Crippen LogP contribution in [0.3, 0.4) is 0 Å². The van der Waals surface area contributed by atoms with Crippen molar-refractivity contribution in [2.45, 2.75) is 191 Å². The fourth-order valence-corrected chi connectivity index (χ4v) is 6.74. The van der Waals surface area contributed by atoms with Crippen LogP contribution in [0.25, 0.3) is 0 Å². The minimum atomic E-state index is -5.10. The lowest BCUT2D eigenvalue weighted by Gasteiger charge is -2.41. The van der Waals surface area contributed by atoms with Crippen molar-refractivity contribution in [1.29, 1.82) is 0 Å². The van der Waals surface area contributed by atoms with Crippen LogP contribution < -0.4 is 5.32 Å². The molecule has 1 aliphatic carbocycles. The molecule has 0 aromatic heterocycles. The van der Waals surface area contributed by atoms with E-state index >= 15 is 0 Å². The minimum absolute atomic E-state index is 0.242. The normalized spacial score (nSPS) is 26.3. The molecule has 284 valence electrons. The second kappa shape index (κ2) is 25.9. The van der Waals surface area contributed by atoms with Crippen molar-refractivity contribution in [2.24, 2.45) is 0 Å². The Hall–Kier alpha value is -0.960. The van der Waals surface area contributed by atoms with Gasteiger partial charge in [0.2, 0.25) is 5.91 Å². The second-order valence-electron chi connectivity index (χ2n) is 13.3. The maximum Gasteiger partial charge on any atom is 0.472 e. The molecule has 8 atom stereocenters. The van der Waals surface area contributed by atoms with Crippen LogP contribution in [0.2, 0.25) is 0 Å². The van der Waals surface area contributed by atoms with Crippen molar-refractivity contribution in [2.75, 3.05) is 6.61 Å². The third kappa shape index (κ3) is 18.9. The highest BCUT2D eigenvalue weighted by Crippen LogP contribution is 2.47. The third-order valence-electron chi connectivity index (χ3n) is 8.88. The predicted octanol–water partition coefficient (Wildman–Crippen LogP) is 3.52. The SMILES string of the molecule is CCCCCCCC/C=C\CCCC(O)CC(=O)NC(COP(=O)(O)OC1C(O)C(O)C(O)C(O)C1O)C(O)CCCCCCCCC. The summed E-state index contributed by atoms with van der Waals surface area (Å²) in [6, 6.07) is -1.15. The van der Waals surface area contributed by atoms with E-state index in [9.17, 15) is 50.0 Å². The van der Waals surface area contributed by atoms with Crippen LogP contribution >= 0.6 is 7.82 Å². The molecule has 1 rings (SSSR count). The fourth-order valence-electron chi connectivity index (χ4n) is 5.77. The van der Waals surface area contributed by atoms with Crippen molar-refractivity contribution in [1.82, 2.24) is 5.32 Å². The van der Waals surface area contributed by atoms with Crippen molar-refractivity contribution in [3.8, 4) is 0 Å². The molecule has 0 aliphatic heterocycles. The van der Waals surface area contributed by atoms with Crippen LogP contribution in [0.1, 0.15) is 136 Å². The van der Waals surface area contributed by atoms with E-state index in [1.165, 1.54) is 32.1 Å². The number of unbranched alkanes of at least 4 members (excludes halogenated alkanes) is 13. The van der Waals surface area contributed by atoms with Gasteiger partial charge in [-0.1, -0.05) is 103 Å². The van der Waals surface area contributed by atoms with Crippen molar-refractivity contribution >= 4 is 13.7 Å². The number of rotatable bonds is 28. The van der Waals surface area contributed by atoms with Gasteiger partial charge in [0.25, 0.3) is 0 Å². The van der Waals surface area contributed by atoms with Crippen LogP contribution in [-0.2, 0) is 18.4 Å². The van der Waals surface area contributed by atoms with Crippen molar-refractivity contribution in [3.05, 3.63) is 12.2 Å². The zero-order chi connectivity index (χ0) is 36.0. The summed E-state index contributed by atoms with van der Waals surface area (Å²) in [6.07, 6.45) is 7.61. The van der Waals surface area contributed by atoms with E-state index in [1.807, 2.05) is 0 Å². The van der Waals surface area contributed by atoms with Gasteiger partial charge >= 0.3 is 7.82 Å². The summed E-state index contributed by atoms with van der Waals surface area (Å²) < 4.78 is 22.6. The maximum absolute atomic E-state index is 12.8. The van der Waals surface area contributed by atoms with Gasteiger partial charge in [-0.3, -0.25) is 13.8 Å². The van der Waals surface area contributed by atoms with E-state index in [2.05, 4.69) is 31.3 Å². The third-order valence-corrected chi connectivity index (χ3v) is 9.86. The van der Waals surface area contributed by atoms with Gasteiger partial charge in [-0.2, -0.15) is 0 Å². The number of allylic oxidation sites excluding steroid dienone is 2. The number of aliphatic hydroxyl groups is 7. The van der Waals surface area contributed by atoms with Crippen LogP contribution in [0.5, 0.6) is 0 Å². The molecule has 0 spiro atoms. The smallest absolute Gasteiger partial charge is 0.393 e. The van der Waals surface area contributed by atoms with Crippen molar-refractivity contribution in [3.63, 3.8) is 0 Å². The lowest BCUT2D eigenvalue weighted by atomic mass is 9.85. The van der Waals surface area contributed by atoms with E-state index in [0.717, 1.165) is 57.8 Å². The summed E-state index contributed by atoms with van der Waals surface area (Å²) in [5.74, 6) is -0.583. The number of phosphoric ester groups is 1. The maximum atomic E-state index is 12.8. The number of carbonyl (C=O) groups is 1. The molecule has 1 fully saturated rings. The minimum Gasteiger partial charge on any atom is -0.393 e. The zero-order valence-electron chi connectivity index (χ0n) is 29.2. The first-order valence-electron chi connectivity index (χ1n) is 18.2. The first-order valence-corrected chi connectivity index (χ1v) is 19.7. The molecule has 1 amide bonds. The molecule has 0 bridgehead atoms. The number of amides is 1. The summed E-state index contributed by atoms with van der Waals surface area (Å²) in [5.41, 5.74) is 0. The summed E-state index contributed by atoms with van der Waals surface area (Å²) >= 11 is 0. The van der Waals surface area contributed by atoms with Gasteiger partial charge < -0.3 is 46.0 Å². The molecule has 1 aliphatic rings. The Morgan fingerprint density at radius 2 is 1.19 bits per heavy atom. The Morgan fingerprint density at radius 3 is 1.75 bits per heavy atom. The number of phosphoric acid groups is 1. The van der Waals surface area contributed by atoms with E-state index < -0.39 is 75.2 Å². The molecule has 13 nitrogen and oxygen atoms in total. The number of carbonyl (C=O) groups excluding carboxylic acids is 1. The quantitative estimate of drug-likeness (QED) is 0.0323. The van der Waals surface area contributed by atoms with Gasteiger partial charge in [-0.15, -0.1) is 0 Å². The van der Waals surface area contributed by atoms with Gasteiger partial charge in [0.1, 0.15) is 36.6 Å². The molecule has 8 unspecified atom stereocenters. The Morgan fingerprint density at radius 1 is 0.708 bits per heavy atom. The largest absolute Gasteiger partial charge is 0.472 e. The van der Waals surface area contributed by atoms with E-state index in [0.29, 0.717) is 19.3 Å². The molecule has 0 saturated heterocycles. The van der Waals surface area contributed by atoms with Crippen LogP contribution in [0, 0.1) is 0 Å². The Labute approximate surface area is 287 Å². The Kier molecular flexibility index (Phi) is 24.3. The molecule has 9 N–H and O–H groups in total. The number of nitrogens with one attached hydrogen (secondary N) is 1. The summed E-state index contributed by atoms with van der Waals surface area (Å²) in [7, 11) is -5.10. The highest BCUT2D eigenvalue weighted by atomic mass is 31.2. The molecule has 0 heterocycles. The summed E-state index contributed by atoms with van der Waals surface area (Å²) in [4.78, 5) is 23.1. The summed E-state index contributed by atoms with van der Waals surface area (Å²) in [5, 5.41) is 73.8. The lowest BCUT2D eigenvalue weighted by molar-refractivity contribution is -0.220. The number of hydrogen-bond acceptors (Lipinski definition) is 11. The monoisotopic (exact) mass is 711 g/mol. The first kappa shape index (κ1) is 45.1. The average Bonchev–Trinajstić information content (AvgIpc) is 3.05. The molecule has 0 aromatic rings. The standard InChI is InChI=1S/C34H66NO12P/c1-3-5-7-9-11-12-13-14-16-17-19-21-25(36)23-28(38)35-26(27(37)22-20-18-15-10-8-6-4-2)24-46-48(44,45)47-34-32(42)30(40)29(39)31(41)33(34)43/h14,16,25-27,29-34,36-37,39-43H,3-13,15,17-24H2,1-2H3,(H,35,38)(H,44,45)/b16-14-. The van der Waals surface area contributed by atoms with Gasteiger partial charge in [0.05, 0.1) is 31.3 Å². The molecular weight excluding hydrogens is 645 g/mol. The number of hydrogen-bond donors (Lipinski definition) is 9. The Bertz CT molecular complexity index is 895. The van der Waals surface area contributed by atoms with Crippen molar-refractivity contribution < 1.29 is 59.0 Å². The van der Waals surface area contributed by atoms with Crippen LogP contribution in [-0.4, -0.2) is 108 Å².